The number of benzene rings is 1. The lowest BCUT2D eigenvalue weighted by Crippen LogP contribution is -2.53. The van der Waals surface area contributed by atoms with Crippen LogP contribution < -0.4 is 10.1 Å². The second-order valence-corrected chi connectivity index (χ2v) is 5.93. The minimum Gasteiger partial charge on any atom is -0.492 e. The van der Waals surface area contributed by atoms with Gasteiger partial charge in [-0.25, -0.2) is 0 Å². The zero-order valence-electron chi connectivity index (χ0n) is 11.3. The molecule has 0 saturated carbocycles. The first-order valence-corrected chi connectivity index (χ1v) is 7.42. The van der Waals surface area contributed by atoms with Crippen molar-refractivity contribution in [1.29, 1.82) is 0 Å². The normalized spacial score (nSPS) is 18.6. The lowest BCUT2D eigenvalue weighted by Gasteiger charge is -2.37. The molecule has 1 aromatic carbocycles. The van der Waals surface area contributed by atoms with Gasteiger partial charge >= 0.3 is 0 Å². The molecule has 3 N–H and O–H groups in total. The number of halogens is 2. The molecule has 1 atom stereocenters. The summed E-state index contributed by atoms with van der Waals surface area (Å²) in [6.07, 6.45) is 1.34. The van der Waals surface area contributed by atoms with Crippen LogP contribution in [0.2, 0.25) is 10.0 Å². The average Bonchev–Trinajstić information content (AvgIpc) is 2.45. The maximum atomic E-state index is 9.56. The van der Waals surface area contributed by atoms with Crippen LogP contribution in [0.1, 0.15) is 31.4 Å². The van der Waals surface area contributed by atoms with Crippen LogP contribution in [-0.2, 0) is 0 Å². The van der Waals surface area contributed by atoms with E-state index in [4.69, 9.17) is 27.9 Å². The van der Waals surface area contributed by atoms with Crippen molar-refractivity contribution in [2.75, 3.05) is 19.8 Å². The fourth-order valence-electron chi connectivity index (χ4n) is 2.41. The molecule has 0 bridgehead atoms. The first-order valence-electron chi connectivity index (χ1n) is 6.66. The molecule has 1 aliphatic heterocycles. The predicted molar refractivity (Wildman–Crippen MR) is 79.6 cm³/mol. The number of aliphatic hydroxyl groups excluding tert-OH is 2. The Morgan fingerprint density at radius 3 is 2.65 bits per heavy atom. The predicted octanol–water partition coefficient (Wildman–Crippen LogP) is 2.54. The highest BCUT2D eigenvalue weighted by molar-refractivity contribution is 6.35. The van der Waals surface area contributed by atoms with E-state index in [0.717, 1.165) is 12.0 Å². The monoisotopic (exact) mass is 319 g/mol. The molecule has 0 fully saturated rings. The standard InChI is InChI=1S/C14H19Cl2NO3/c1-2-14(7-18,8-19)17-12-3-4-20-13-10(12)5-9(15)6-11(13)16/h5-6,12,17-19H,2-4,7-8H2,1H3. The number of aliphatic hydroxyl groups is 2. The van der Waals surface area contributed by atoms with Gasteiger partial charge in [-0.1, -0.05) is 30.1 Å². The van der Waals surface area contributed by atoms with Gasteiger partial charge in [0, 0.05) is 23.0 Å². The molecule has 0 aliphatic carbocycles. The molecule has 112 valence electrons. The van der Waals surface area contributed by atoms with Gasteiger partial charge in [-0.15, -0.1) is 0 Å². The summed E-state index contributed by atoms with van der Waals surface area (Å²) in [6.45, 7) is 2.18. The highest BCUT2D eigenvalue weighted by Crippen LogP contribution is 2.40. The number of fused-ring (bicyclic) bond motifs is 1. The third kappa shape index (κ3) is 3.05. The molecule has 0 aromatic heterocycles. The summed E-state index contributed by atoms with van der Waals surface area (Å²) in [5.41, 5.74) is 0.155. The molecule has 0 saturated heterocycles. The van der Waals surface area contributed by atoms with E-state index in [2.05, 4.69) is 5.32 Å². The highest BCUT2D eigenvalue weighted by atomic mass is 35.5. The van der Waals surface area contributed by atoms with Crippen molar-refractivity contribution in [2.45, 2.75) is 31.3 Å². The van der Waals surface area contributed by atoms with E-state index < -0.39 is 5.54 Å². The maximum Gasteiger partial charge on any atom is 0.142 e. The Morgan fingerprint density at radius 2 is 2.05 bits per heavy atom. The molecular formula is C14H19Cl2NO3. The van der Waals surface area contributed by atoms with Crippen molar-refractivity contribution < 1.29 is 14.9 Å². The highest BCUT2D eigenvalue weighted by Gasteiger charge is 2.33. The minimum absolute atomic E-state index is 0.0609. The molecule has 2 rings (SSSR count). The maximum absolute atomic E-state index is 9.56. The van der Waals surface area contributed by atoms with E-state index in [-0.39, 0.29) is 19.3 Å². The number of hydrogen-bond donors (Lipinski definition) is 3. The fourth-order valence-corrected chi connectivity index (χ4v) is 2.98. The van der Waals surface area contributed by atoms with E-state index in [9.17, 15) is 10.2 Å². The quantitative estimate of drug-likeness (QED) is 0.780. The average molecular weight is 320 g/mol. The van der Waals surface area contributed by atoms with Gasteiger partial charge in [-0.3, -0.25) is 0 Å². The number of ether oxygens (including phenoxy) is 1. The Morgan fingerprint density at radius 1 is 1.35 bits per heavy atom. The van der Waals surface area contributed by atoms with E-state index in [1.807, 2.05) is 13.0 Å². The van der Waals surface area contributed by atoms with Crippen LogP contribution in [0.4, 0.5) is 0 Å². The van der Waals surface area contributed by atoms with E-state index in [1.54, 1.807) is 6.07 Å². The van der Waals surface area contributed by atoms with E-state index >= 15 is 0 Å². The van der Waals surface area contributed by atoms with Crippen LogP contribution in [-0.4, -0.2) is 35.6 Å². The molecule has 6 heteroatoms. The lowest BCUT2D eigenvalue weighted by molar-refractivity contribution is 0.0710. The molecule has 1 aliphatic rings. The number of hydrogen-bond acceptors (Lipinski definition) is 4. The topological polar surface area (TPSA) is 61.7 Å². The second-order valence-electron chi connectivity index (χ2n) is 5.09. The van der Waals surface area contributed by atoms with Crippen LogP contribution in [0.15, 0.2) is 12.1 Å². The summed E-state index contributed by atoms with van der Waals surface area (Å²) in [5, 5.41) is 23.5. The summed E-state index contributed by atoms with van der Waals surface area (Å²) in [7, 11) is 0. The summed E-state index contributed by atoms with van der Waals surface area (Å²) in [6, 6.07) is 3.40. The van der Waals surface area contributed by atoms with Gasteiger partial charge in [0.25, 0.3) is 0 Å². The van der Waals surface area contributed by atoms with Crippen LogP contribution >= 0.6 is 23.2 Å². The van der Waals surface area contributed by atoms with E-state index in [0.29, 0.717) is 28.8 Å². The first kappa shape index (κ1) is 15.9. The Bertz CT molecular complexity index is 469. The largest absolute Gasteiger partial charge is 0.492 e. The number of nitrogens with one attached hydrogen (secondary N) is 1. The van der Waals surface area contributed by atoms with Gasteiger partial charge in [0.05, 0.1) is 30.4 Å². The van der Waals surface area contributed by atoms with Crippen LogP contribution in [0.25, 0.3) is 0 Å². The molecule has 0 amide bonds. The van der Waals surface area contributed by atoms with Gasteiger partial charge in [0.15, 0.2) is 0 Å². The molecular weight excluding hydrogens is 301 g/mol. The van der Waals surface area contributed by atoms with Crippen LogP contribution in [0, 0.1) is 0 Å². The molecule has 0 spiro atoms. The van der Waals surface area contributed by atoms with Gasteiger partial charge < -0.3 is 20.3 Å². The zero-order valence-corrected chi connectivity index (χ0v) is 12.8. The summed E-state index contributed by atoms with van der Waals surface area (Å²) < 4.78 is 5.60. The van der Waals surface area contributed by atoms with Crippen molar-refractivity contribution >= 4 is 23.2 Å². The third-order valence-corrected chi connectivity index (χ3v) is 4.33. The summed E-state index contributed by atoms with van der Waals surface area (Å²) in [4.78, 5) is 0. The van der Waals surface area contributed by atoms with Crippen molar-refractivity contribution in [2.24, 2.45) is 0 Å². The molecule has 4 nitrogen and oxygen atoms in total. The Labute approximate surface area is 128 Å². The third-order valence-electron chi connectivity index (χ3n) is 3.83. The smallest absolute Gasteiger partial charge is 0.142 e. The molecule has 1 aromatic rings. The summed E-state index contributed by atoms with van der Waals surface area (Å²) >= 11 is 12.2. The molecule has 1 heterocycles. The molecule has 20 heavy (non-hydrogen) atoms. The van der Waals surface area contributed by atoms with Crippen molar-refractivity contribution in [3.05, 3.63) is 27.7 Å². The van der Waals surface area contributed by atoms with Crippen LogP contribution in [0.3, 0.4) is 0 Å². The molecule has 0 radical (unpaired) electrons. The van der Waals surface area contributed by atoms with Crippen molar-refractivity contribution in [3.8, 4) is 5.75 Å². The minimum atomic E-state index is -0.714. The molecule has 1 unspecified atom stereocenters. The van der Waals surface area contributed by atoms with Crippen molar-refractivity contribution in [1.82, 2.24) is 5.32 Å². The van der Waals surface area contributed by atoms with Crippen molar-refractivity contribution in [3.63, 3.8) is 0 Å². The van der Waals surface area contributed by atoms with Crippen LogP contribution in [0.5, 0.6) is 5.75 Å². The Balaban J connectivity index is 2.33. The Kier molecular flexibility index (Phi) is 5.15. The van der Waals surface area contributed by atoms with Gasteiger partial charge in [0.2, 0.25) is 0 Å². The zero-order chi connectivity index (χ0) is 14.8. The Hall–Kier alpha value is -0.520. The SMILES string of the molecule is CCC(CO)(CO)NC1CCOc2c(Cl)cc(Cl)cc21. The van der Waals surface area contributed by atoms with E-state index in [1.165, 1.54) is 0 Å². The van der Waals surface area contributed by atoms with Gasteiger partial charge in [0.1, 0.15) is 5.75 Å². The number of rotatable bonds is 5. The first-order chi connectivity index (χ1) is 9.55. The summed E-state index contributed by atoms with van der Waals surface area (Å²) in [5.74, 6) is 0.626. The van der Waals surface area contributed by atoms with Gasteiger partial charge in [-0.05, 0) is 18.6 Å². The fraction of sp³-hybridized carbons (Fsp3) is 0.571. The lowest BCUT2D eigenvalue weighted by atomic mass is 9.92. The van der Waals surface area contributed by atoms with Gasteiger partial charge in [-0.2, -0.15) is 0 Å². The second kappa shape index (κ2) is 6.50.